The highest BCUT2D eigenvalue weighted by molar-refractivity contribution is 6.42. The molecule has 0 bridgehead atoms. The third-order valence-electron chi connectivity index (χ3n) is 4.48. The van der Waals surface area contributed by atoms with Crippen LogP contribution in [0.2, 0.25) is 10.0 Å². The first-order valence-electron chi connectivity index (χ1n) is 6.75. The summed E-state index contributed by atoms with van der Waals surface area (Å²) in [7, 11) is 1.93. The van der Waals surface area contributed by atoms with Crippen LogP contribution < -0.4 is 5.32 Å². The van der Waals surface area contributed by atoms with E-state index in [2.05, 4.69) is 12.2 Å². The molecule has 2 nitrogen and oxygen atoms in total. The molecule has 1 aromatic rings. The van der Waals surface area contributed by atoms with Gasteiger partial charge in [0.1, 0.15) is 0 Å². The highest BCUT2D eigenvalue weighted by Gasteiger charge is 2.49. The molecule has 0 saturated heterocycles. The van der Waals surface area contributed by atoms with Gasteiger partial charge in [0.2, 0.25) is 0 Å². The Morgan fingerprint density at radius 3 is 2.53 bits per heavy atom. The lowest BCUT2D eigenvalue weighted by Gasteiger charge is -2.49. The first kappa shape index (κ1) is 15.1. The van der Waals surface area contributed by atoms with Gasteiger partial charge in [-0.2, -0.15) is 0 Å². The maximum atomic E-state index is 11.3. The molecule has 2 N–H and O–H groups in total. The van der Waals surface area contributed by atoms with Crippen LogP contribution in [-0.4, -0.2) is 18.7 Å². The van der Waals surface area contributed by atoms with Crippen molar-refractivity contribution in [3.05, 3.63) is 33.8 Å². The Morgan fingerprint density at radius 1 is 1.21 bits per heavy atom. The van der Waals surface area contributed by atoms with Crippen molar-refractivity contribution in [3.63, 3.8) is 0 Å². The second-order valence-corrected chi connectivity index (χ2v) is 6.60. The predicted molar refractivity (Wildman–Crippen MR) is 80.9 cm³/mol. The minimum absolute atomic E-state index is 0.183. The van der Waals surface area contributed by atoms with E-state index in [1.54, 1.807) is 6.07 Å². The standard InChI is InChI=1S/C15H21Cl2NO/c1-14(10-18-2)7-3-4-8-15(14,19)11-5-6-12(16)13(17)9-11/h5-6,9,18-19H,3-4,7-8,10H2,1-2H3/t14-,15+/m0/s1. The summed E-state index contributed by atoms with van der Waals surface area (Å²) >= 11 is 12.1. The second-order valence-electron chi connectivity index (χ2n) is 5.79. The molecule has 1 aliphatic carbocycles. The quantitative estimate of drug-likeness (QED) is 0.885. The molecule has 19 heavy (non-hydrogen) atoms. The third-order valence-corrected chi connectivity index (χ3v) is 5.22. The summed E-state index contributed by atoms with van der Waals surface area (Å²) in [5.74, 6) is 0. The zero-order valence-corrected chi connectivity index (χ0v) is 13.0. The summed E-state index contributed by atoms with van der Waals surface area (Å²) in [6.07, 6.45) is 3.96. The van der Waals surface area contributed by atoms with Crippen molar-refractivity contribution in [2.24, 2.45) is 5.41 Å². The number of hydrogen-bond acceptors (Lipinski definition) is 2. The van der Waals surface area contributed by atoms with Gasteiger partial charge >= 0.3 is 0 Å². The minimum atomic E-state index is -0.845. The number of aliphatic hydroxyl groups is 1. The zero-order valence-electron chi connectivity index (χ0n) is 11.5. The Balaban J connectivity index is 2.44. The fourth-order valence-electron chi connectivity index (χ4n) is 3.28. The van der Waals surface area contributed by atoms with Gasteiger partial charge in [0.05, 0.1) is 15.6 Å². The average Bonchev–Trinajstić information content (AvgIpc) is 2.37. The van der Waals surface area contributed by atoms with Gasteiger partial charge in [-0.1, -0.05) is 49.0 Å². The molecule has 106 valence electrons. The van der Waals surface area contributed by atoms with Crippen LogP contribution in [0.5, 0.6) is 0 Å². The van der Waals surface area contributed by atoms with Gasteiger partial charge in [0.15, 0.2) is 0 Å². The Morgan fingerprint density at radius 2 is 1.89 bits per heavy atom. The van der Waals surface area contributed by atoms with Gasteiger partial charge in [-0.05, 0) is 37.6 Å². The van der Waals surface area contributed by atoms with E-state index in [9.17, 15) is 5.11 Å². The number of rotatable bonds is 3. The van der Waals surface area contributed by atoms with Gasteiger partial charge < -0.3 is 10.4 Å². The van der Waals surface area contributed by atoms with Gasteiger partial charge in [0, 0.05) is 12.0 Å². The van der Waals surface area contributed by atoms with Crippen LogP contribution in [0.3, 0.4) is 0 Å². The molecule has 2 rings (SSSR count). The molecule has 0 spiro atoms. The summed E-state index contributed by atoms with van der Waals surface area (Å²) in [6.45, 7) is 2.93. The van der Waals surface area contributed by atoms with Gasteiger partial charge in [-0.3, -0.25) is 0 Å². The molecular weight excluding hydrogens is 281 g/mol. The first-order chi connectivity index (χ1) is 8.93. The highest BCUT2D eigenvalue weighted by Crippen LogP contribution is 2.50. The number of halogens is 2. The second kappa shape index (κ2) is 5.61. The van der Waals surface area contributed by atoms with Crippen LogP contribution in [0.15, 0.2) is 18.2 Å². The maximum absolute atomic E-state index is 11.3. The molecule has 0 aromatic heterocycles. The lowest BCUT2D eigenvalue weighted by atomic mass is 9.61. The van der Waals surface area contributed by atoms with Crippen LogP contribution in [0.4, 0.5) is 0 Å². The topological polar surface area (TPSA) is 32.3 Å². The lowest BCUT2D eigenvalue weighted by Crippen LogP contribution is -2.51. The summed E-state index contributed by atoms with van der Waals surface area (Å²) in [4.78, 5) is 0. The molecule has 1 saturated carbocycles. The molecule has 4 heteroatoms. The van der Waals surface area contributed by atoms with E-state index in [4.69, 9.17) is 23.2 Å². The van der Waals surface area contributed by atoms with E-state index >= 15 is 0 Å². The van der Waals surface area contributed by atoms with Crippen molar-refractivity contribution in [2.75, 3.05) is 13.6 Å². The van der Waals surface area contributed by atoms with E-state index in [-0.39, 0.29) is 5.41 Å². The maximum Gasteiger partial charge on any atom is 0.0962 e. The molecule has 1 aromatic carbocycles. The van der Waals surface area contributed by atoms with Crippen molar-refractivity contribution in [2.45, 2.75) is 38.2 Å². The van der Waals surface area contributed by atoms with Crippen molar-refractivity contribution >= 4 is 23.2 Å². The fourth-order valence-corrected chi connectivity index (χ4v) is 3.57. The molecule has 0 amide bonds. The number of benzene rings is 1. The van der Waals surface area contributed by atoms with E-state index in [1.807, 2.05) is 19.2 Å². The molecule has 2 atom stereocenters. The zero-order chi connectivity index (χ0) is 14.1. The van der Waals surface area contributed by atoms with Gasteiger partial charge in [-0.15, -0.1) is 0 Å². The Bertz CT molecular complexity index is 461. The van der Waals surface area contributed by atoms with Gasteiger partial charge in [0.25, 0.3) is 0 Å². The largest absolute Gasteiger partial charge is 0.385 e. The van der Waals surface area contributed by atoms with E-state index < -0.39 is 5.60 Å². The molecule has 0 aliphatic heterocycles. The van der Waals surface area contributed by atoms with Crippen molar-refractivity contribution in [3.8, 4) is 0 Å². The smallest absolute Gasteiger partial charge is 0.0962 e. The fraction of sp³-hybridized carbons (Fsp3) is 0.600. The first-order valence-corrected chi connectivity index (χ1v) is 7.51. The normalized spacial score (nSPS) is 31.4. The Kier molecular flexibility index (Phi) is 4.46. The van der Waals surface area contributed by atoms with E-state index in [0.717, 1.165) is 37.8 Å². The number of hydrogen-bond donors (Lipinski definition) is 2. The summed E-state index contributed by atoms with van der Waals surface area (Å²) < 4.78 is 0. The monoisotopic (exact) mass is 301 g/mol. The summed E-state index contributed by atoms with van der Waals surface area (Å²) in [6, 6.07) is 5.47. The molecule has 0 heterocycles. The molecule has 1 fully saturated rings. The molecule has 0 unspecified atom stereocenters. The SMILES string of the molecule is CNC[C@]1(C)CCCC[C@@]1(O)c1ccc(Cl)c(Cl)c1. The third kappa shape index (κ3) is 2.64. The highest BCUT2D eigenvalue weighted by atomic mass is 35.5. The summed E-state index contributed by atoms with van der Waals surface area (Å²) in [5.41, 5.74) is -0.154. The Labute approximate surface area is 125 Å². The predicted octanol–water partition coefficient (Wildman–Crippen LogP) is 3.98. The lowest BCUT2D eigenvalue weighted by molar-refractivity contribution is -0.111. The minimum Gasteiger partial charge on any atom is -0.385 e. The van der Waals surface area contributed by atoms with Crippen LogP contribution in [0.1, 0.15) is 38.2 Å². The van der Waals surface area contributed by atoms with E-state index in [1.165, 1.54) is 0 Å². The van der Waals surface area contributed by atoms with Crippen LogP contribution in [-0.2, 0) is 5.60 Å². The molecular formula is C15H21Cl2NO. The number of nitrogens with one attached hydrogen (secondary N) is 1. The molecule has 1 aliphatic rings. The van der Waals surface area contributed by atoms with Gasteiger partial charge in [-0.25, -0.2) is 0 Å². The molecule has 0 radical (unpaired) electrons. The average molecular weight is 302 g/mol. The van der Waals surface area contributed by atoms with Crippen LogP contribution in [0, 0.1) is 5.41 Å². The summed E-state index contributed by atoms with van der Waals surface area (Å²) in [5, 5.41) is 15.5. The van der Waals surface area contributed by atoms with Crippen molar-refractivity contribution < 1.29 is 5.11 Å². The van der Waals surface area contributed by atoms with E-state index in [0.29, 0.717) is 10.0 Å². The van der Waals surface area contributed by atoms with Crippen molar-refractivity contribution in [1.82, 2.24) is 5.32 Å². The van der Waals surface area contributed by atoms with Crippen LogP contribution in [0.25, 0.3) is 0 Å². The van der Waals surface area contributed by atoms with Crippen LogP contribution >= 0.6 is 23.2 Å². The van der Waals surface area contributed by atoms with Crippen molar-refractivity contribution in [1.29, 1.82) is 0 Å². The Hall–Kier alpha value is -0.280.